The summed E-state index contributed by atoms with van der Waals surface area (Å²) in [6, 6.07) is 19.6. The molecule has 31 heavy (non-hydrogen) atoms. The van der Waals surface area contributed by atoms with Crippen LogP contribution in [-0.4, -0.2) is 5.91 Å². The highest BCUT2D eigenvalue weighted by Crippen LogP contribution is 2.49. The van der Waals surface area contributed by atoms with Gasteiger partial charge in [0.15, 0.2) is 5.76 Å². The van der Waals surface area contributed by atoms with Gasteiger partial charge < -0.3 is 4.42 Å². The first-order chi connectivity index (χ1) is 14.9. The molecule has 0 atom stereocenters. The van der Waals surface area contributed by atoms with E-state index in [1.807, 2.05) is 30.3 Å². The van der Waals surface area contributed by atoms with Gasteiger partial charge >= 0.3 is 0 Å². The molecule has 0 unspecified atom stereocenters. The summed E-state index contributed by atoms with van der Waals surface area (Å²) in [6.45, 7) is 0. The number of anilines is 2. The maximum atomic E-state index is 13.6. The number of carbonyl (C=O) groups is 1. The van der Waals surface area contributed by atoms with E-state index in [0.717, 1.165) is 15.5 Å². The van der Waals surface area contributed by atoms with Gasteiger partial charge in [0, 0.05) is 20.4 Å². The normalized spacial score (nSPS) is 12.5. The smallest absolute Gasteiger partial charge is 0.298 e. The summed E-state index contributed by atoms with van der Waals surface area (Å²) in [4.78, 5) is 17.1. The number of nitrogens with zero attached hydrogens (tertiary/aromatic N) is 1. The van der Waals surface area contributed by atoms with Crippen molar-refractivity contribution in [3.05, 3.63) is 92.6 Å². The fraction of sp³-hybridized carbons (Fsp3) is 0. The van der Waals surface area contributed by atoms with Crippen molar-refractivity contribution in [1.29, 1.82) is 0 Å². The van der Waals surface area contributed by atoms with E-state index in [-0.39, 0.29) is 11.7 Å². The van der Waals surface area contributed by atoms with Crippen LogP contribution in [0.15, 0.2) is 80.9 Å². The summed E-state index contributed by atoms with van der Waals surface area (Å²) >= 11 is 26.3. The molecule has 0 N–H and O–H groups in total. The number of amides is 1. The third kappa shape index (κ3) is 3.73. The Bertz CT molecular complexity index is 1350. The quantitative estimate of drug-likeness (QED) is 0.254. The van der Waals surface area contributed by atoms with Crippen LogP contribution in [0, 0.1) is 0 Å². The van der Waals surface area contributed by atoms with Gasteiger partial charge in [-0.3, -0.25) is 9.69 Å². The van der Waals surface area contributed by atoms with Crippen LogP contribution in [0.25, 0.3) is 11.3 Å². The molecule has 4 aromatic rings. The topological polar surface area (TPSA) is 33.5 Å². The Morgan fingerprint density at radius 2 is 1.52 bits per heavy atom. The molecule has 0 radical (unpaired) electrons. The van der Waals surface area contributed by atoms with E-state index in [4.69, 9.17) is 50.8 Å². The standard InChI is InChI=1S/C23H11Cl4NO2S/c24-12-5-8-22-18(9-12)28(17-3-1-2-4-21(17)31-22)23(29)20-7-6-19(30-20)13-10-15(26)16(27)11-14(13)25/h1-11H. The van der Waals surface area contributed by atoms with Crippen LogP contribution >= 0.6 is 58.2 Å². The molecule has 1 amide bonds. The molecule has 5 rings (SSSR count). The van der Waals surface area contributed by atoms with Gasteiger partial charge in [0.1, 0.15) is 5.76 Å². The second-order valence-electron chi connectivity index (χ2n) is 6.73. The molecule has 0 spiro atoms. The summed E-state index contributed by atoms with van der Waals surface area (Å²) in [5.74, 6) is 0.251. The van der Waals surface area contributed by atoms with Gasteiger partial charge in [0.25, 0.3) is 5.91 Å². The van der Waals surface area contributed by atoms with E-state index < -0.39 is 0 Å². The number of halogens is 4. The Kier molecular flexibility index (Phi) is 5.45. The van der Waals surface area contributed by atoms with Crippen molar-refractivity contribution in [2.75, 3.05) is 4.90 Å². The van der Waals surface area contributed by atoms with E-state index in [0.29, 0.717) is 37.1 Å². The molecule has 3 aromatic carbocycles. The number of benzene rings is 3. The van der Waals surface area contributed by atoms with Gasteiger partial charge in [0.05, 0.1) is 26.4 Å². The lowest BCUT2D eigenvalue weighted by Crippen LogP contribution is -2.28. The molecule has 0 saturated heterocycles. The summed E-state index contributed by atoms with van der Waals surface area (Å²) in [7, 11) is 0. The first-order valence-electron chi connectivity index (χ1n) is 9.08. The number of hydrogen-bond donors (Lipinski definition) is 0. The number of rotatable bonds is 2. The van der Waals surface area contributed by atoms with Crippen molar-refractivity contribution < 1.29 is 9.21 Å². The Labute approximate surface area is 202 Å². The number of carbonyl (C=O) groups excluding carboxylic acids is 1. The van der Waals surface area contributed by atoms with Crippen LogP contribution in [0.3, 0.4) is 0 Å². The number of fused-ring (bicyclic) bond motifs is 2. The zero-order valence-electron chi connectivity index (χ0n) is 15.5. The zero-order valence-corrected chi connectivity index (χ0v) is 19.4. The number of para-hydroxylation sites is 1. The van der Waals surface area contributed by atoms with Gasteiger partial charge in [-0.05, 0) is 54.6 Å². The zero-order chi connectivity index (χ0) is 21.7. The Morgan fingerprint density at radius 1 is 0.774 bits per heavy atom. The van der Waals surface area contributed by atoms with Gasteiger partial charge in [-0.25, -0.2) is 0 Å². The predicted molar refractivity (Wildman–Crippen MR) is 128 cm³/mol. The summed E-state index contributed by atoms with van der Waals surface area (Å²) in [5, 5.41) is 1.60. The Morgan fingerprint density at radius 3 is 2.35 bits per heavy atom. The summed E-state index contributed by atoms with van der Waals surface area (Å²) in [6.07, 6.45) is 0. The van der Waals surface area contributed by atoms with Crippen molar-refractivity contribution in [3.63, 3.8) is 0 Å². The van der Waals surface area contributed by atoms with Crippen LogP contribution in [0.1, 0.15) is 10.6 Å². The van der Waals surface area contributed by atoms with Crippen molar-refractivity contribution in [3.8, 4) is 11.3 Å². The highest BCUT2D eigenvalue weighted by atomic mass is 35.5. The number of furan rings is 1. The van der Waals surface area contributed by atoms with E-state index >= 15 is 0 Å². The molecule has 154 valence electrons. The van der Waals surface area contributed by atoms with E-state index in [2.05, 4.69) is 0 Å². The van der Waals surface area contributed by atoms with Crippen LogP contribution in [0.5, 0.6) is 0 Å². The minimum Gasteiger partial charge on any atom is -0.451 e. The fourth-order valence-electron chi connectivity index (χ4n) is 3.37. The first kappa shape index (κ1) is 20.8. The molecule has 0 fully saturated rings. The molecule has 0 aliphatic carbocycles. The minimum absolute atomic E-state index is 0.157. The fourth-order valence-corrected chi connectivity index (χ4v) is 5.21. The lowest BCUT2D eigenvalue weighted by atomic mass is 10.2. The minimum atomic E-state index is -0.321. The van der Waals surface area contributed by atoms with Crippen molar-refractivity contribution in [2.24, 2.45) is 0 Å². The van der Waals surface area contributed by atoms with Crippen molar-refractivity contribution >= 4 is 75.4 Å². The third-order valence-electron chi connectivity index (χ3n) is 4.78. The average molecular weight is 507 g/mol. The van der Waals surface area contributed by atoms with Gasteiger partial charge in [-0.15, -0.1) is 0 Å². The summed E-state index contributed by atoms with van der Waals surface area (Å²) in [5.41, 5.74) is 2.01. The average Bonchev–Trinajstić information content (AvgIpc) is 3.24. The monoisotopic (exact) mass is 505 g/mol. The molecule has 1 aliphatic rings. The molecule has 1 aliphatic heterocycles. The molecule has 0 bridgehead atoms. The lowest BCUT2D eigenvalue weighted by Gasteiger charge is -2.30. The molecule has 2 heterocycles. The van der Waals surface area contributed by atoms with Gasteiger partial charge in [-0.1, -0.05) is 70.3 Å². The van der Waals surface area contributed by atoms with Crippen molar-refractivity contribution in [1.82, 2.24) is 0 Å². The second-order valence-corrected chi connectivity index (χ2v) is 9.47. The Balaban J connectivity index is 1.59. The summed E-state index contributed by atoms with van der Waals surface area (Å²) < 4.78 is 5.90. The SMILES string of the molecule is O=C(c1ccc(-c2cc(Cl)c(Cl)cc2Cl)o1)N1c2ccccc2Sc2ccc(Cl)cc21. The first-order valence-corrected chi connectivity index (χ1v) is 11.4. The third-order valence-corrected chi connectivity index (χ3v) is 7.18. The van der Waals surface area contributed by atoms with Crippen molar-refractivity contribution in [2.45, 2.75) is 9.79 Å². The van der Waals surface area contributed by atoms with Gasteiger partial charge in [-0.2, -0.15) is 0 Å². The maximum Gasteiger partial charge on any atom is 0.298 e. The van der Waals surface area contributed by atoms with E-state index in [9.17, 15) is 4.79 Å². The molecule has 3 nitrogen and oxygen atoms in total. The maximum absolute atomic E-state index is 13.6. The van der Waals surface area contributed by atoms with E-state index in [1.54, 1.807) is 53.1 Å². The Hall–Kier alpha value is -2.08. The number of hydrogen-bond acceptors (Lipinski definition) is 3. The highest BCUT2D eigenvalue weighted by Gasteiger charge is 2.31. The van der Waals surface area contributed by atoms with Gasteiger partial charge in [0.2, 0.25) is 0 Å². The van der Waals surface area contributed by atoms with Crippen LogP contribution in [0.2, 0.25) is 20.1 Å². The molecular formula is C23H11Cl4NO2S. The largest absolute Gasteiger partial charge is 0.451 e. The highest BCUT2D eigenvalue weighted by molar-refractivity contribution is 7.99. The molecule has 0 saturated carbocycles. The molecule has 8 heteroatoms. The predicted octanol–water partition coefficient (Wildman–Crippen LogP) is 9.00. The van der Waals surface area contributed by atoms with E-state index in [1.165, 1.54) is 0 Å². The van der Waals surface area contributed by atoms with Crippen LogP contribution < -0.4 is 4.90 Å². The molecule has 1 aromatic heterocycles. The van der Waals surface area contributed by atoms with Crippen LogP contribution in [-0.2, 0) is 0 Å². The van der Waals surface area contributed by atoms with Crippen LogP contribution in [0.4, 0.5) is 11.4 Å². The lowest BCUT2D eigenvalue weighted by molar-refractivity contribution is 0.0972. The molecular weight excluding hydrogens is 496 g/mol. The second kappa shape index (κ2) is 8.12.